The summed E-state index contributed by atoms with van der Waals surface area (Å²) in [4.78, 5) is 27.6. The Morgan fingerprint density at radius 1 is 1.28 bits per heavy atom. The number of aromatic hydroxyl groups is 1. The van der Waals surface area contributed by atoms with Gasteiger partial charge >= 0.3 is 0 Å². The third-order valence-corrected chi connectivity index (χ3v) is 7.86. The molecule has 4 fully saturated rings. The Morgan fingerprint density at radius 2 is 2.00 bits per heavy atom. The Hall–Kier alpha value is -2.14. The molecule has 1 saturated heterocycles. The molecule has 3 saturated carbocycles. The van der Waals surface area contributed by atoms with E-state index < -0.39 is 22.7 Å². The van der Waals surface area contributed by atoms with Crippen molar-refractivity contribution in [1.29, 1.82) is 0 Å². The van der Waals surface area contributed by atoms with E-state index in [0.717, 1.165) is 5.57 Å². The van der Waals surface area contributed by atoms with E-state index in [-0.39, 0.29) is 35.1 Å². The zero-order valence-electron chi connectivity index (χ0n) is 17.6. The van der Waals surface area contributed by atoms with E-state index in [4.69, 9.17) is 9.47 Å². The van der Waals surface area contributed by atoms with Crippen molar-refractivity contribution in [2.45, 2.75) is 64.3 Å². The molecule has 0 radical (unpaired) electrons. The van der Waals surface area contributed by atoms with Gasteiger partial charge in [-0.1, -0.05) is 18.6 Å². The number of benzene rings is 1. The van der Waals surface area contributed by atoms with Gasteiger partial charge in [0.25, 0.3) is 0 Å². The number of hydrogen-bond donors (Lipinski definition) is 1. The number of ketones is 2. The van der Waals surface area contributed by atoms with Gasteiger partial charge in [-0.25, -0.2) is 0 Å². The molecular weight excluding hydrogens is 368 g/mol. The standard InChI is InChI=1S/C24H28O5/c1-12(2)8-9-23-21(27)15-11-18(22(4,5)29-23)24(23)19(13(15)3)20(26)16-10-14(25)6-7-17(16)28-24/h6-8,10,13,15,18-19,25H,9,11H2,1-5H3. The number of Topliss-reactive ketones (excluding diaryl/α,β-unsaturated/α-hetero) is 2. The Balaban J connectivity index is 1.80. The first-order chi connectivity index (χ1) is 13.5. The summed E-state index contributed by atoms with van der Waals surface area (Å²) in [6, 6.07) is 4.65. The Morgan fingerprint density at radius 3 is 2.69 bits per heavy atom. The van der Waals surface area contributed by atoms with Crippen molar-refractivity contribution >= 4 is 11.6 Å². The molecule has 29 heavy (non-hydrogen) atoms. The third-order valence-electron chi connectivity index (χ3n) is 7.86. The summed E-state index contributed by atoms with van der Waals surface area (Å²) < 4.78 is 13.4. The van der Waals surface area contributed by atoms with Crippen molar-refractivity contribution in [3.05, 3.63) is 35.4 Å². The fraction of sp³-hybridized carbons (Fsp3) is 0.583. The van der Waals surface area contributed by atoms with E-state index in [0.29, 0.717) is 24.2 Å². The molecule has 1 aromatic carbocycles. The Labute approximate surface area is 171 Å². The van der Waals surface area contributed by atoms with Gasteiger partial charge < -0.3 is 14.6 Å². The van der Waals surface area contributed by atoms with Crippen LogP contribution in [0.4, 0.5) is 0 Å². The van der Waals surface area contributed by atoms with Crippen molar-refractivity contribution in [2.75, 3.05) is 0 Å². The maximum absolute atomic E-state index is 13.8. The largest absolute Gasteiger partial charge is 0.508 e. The molecule has 6 atom stereocenters. The smallest absolute Gasteiger partial charge is 0.174 e. The van der Waals surface area contributed by atoms with Gasteiger partial charge in [-0.05, 0) is 58.2 Å². The lowest BCUT2D eigenvalue weighted by atomic mass is 9.43. The van der Waals surface area contributed by atoms with Crippen LogP contribution >= 0.6 is 0 Å². The molecule has 154 valence electrons. The van der Waals surface area contributed by atoms with E-state index in [1.54, 1.807) is 6.07 Å². The molecule has 2 aliphatic heterocycles. The fourth-order valence-electron chi connectivity index (χ4n) is 6.75. The highest BCUT2D eigenvalue weighted by atomic mass is 16.6. The molecule has 2 heterocycles. The number of carbonyl (C=O) groups excluding carboxylic acids is 2. The number of ether oxygens (including phenoxy) is 2. The van der Waals surface area contributed by atoms with E-state index in [1.165, 1.54) is 12.1 Å². The van der Waals surface area contributed by atoms with Crippen molar-refractivity contribution < 1.29 is 24.2 Å². The summed E-state index contributed by atoms with van der Waals surface area (Å²) in [5, 5.41) is 9.94. The summed E-state index contributed by atoms with van der Waals surface area (Å²) >= 11 is 0. The number of phenolic OH excluding ortho intramolecular Hbond substituents is 1. The molecule has 0 aromatic heterocycles. The van der Waals surface area contributed by atoms with Crippen LogP contribution in [0.15, 0.2) is 29.8 Å². The van der Waals surface area contributed by atoms with E-state index in [9.17, 15) is 14.7 Å². The molecule has 5 heteroatoms. The monoisotopic (exact) mass is 396 g/mol. The zero-order chi connectivity index (χ0) is 20.9. The summed E-state index contributed by atoms with van der Waals surface area (Å²) in [5.74, 6) is -0.349. The van der Waals surface area contributed by atoms with Crippen LogP contribution in [0.5, 0.6) is 11.5 Å². The van der Waals surface area contributed by atoms with Crippen molar-refractivity contribution in [2.24, 2.45) is 23.7 Å². The van der Waals surface area contributed by atoms with Gasteiger partial charge in [0.2, 0.25) is 0 Å². The topological polar surface area (TPSA) is 72.8 Å². The van der Waals surface area contributed by atoms with Gasteiger partial charge in [-0.2, -0.15) is 0 Å². The quantitative estimate of drug-likeness (QED) is 0.763. The number of carbonyl (C=O) groups is 2. The van der Waals surface area contributed by atoms with Crippen LogP contribution in [0.2, 0.25) is 0 Å². The minimum absolute atomic E-state index is 0.0418. The molecule has 0 amide bonds. The van der Waals surface area contributed by atoms with Crippen LogP contribution in [0.25, 0.3) is 0 Å². The average Bonchev–Trinajstić information content (AvgIpc) is 2.77. The molecule has 1 spiro atoms. The minimum Gasteiger partial charge on any atom is -0.508 e. The lowest BCUT2D eigenvalue weighted by molar-refractivity contribution is -0.209. The van der Waals surface area contributed by atoms with Gasteiger partial charge in [0.15, 0.2) is 22.8 Å². The van der Waals surface area contributed by atoms with Crippen LogP contribution in [-0.4, -0.2) is 33.5 Å². The maximum atomic E-state index is 13.8. The number of phenols is 1. The predicted molar refractivity (Wildman–Crippen MR) is 107 cm³/mol. The first kappa shape index (κ1) is 18.9. The molecule has 1 N–H and O–H groups in total. The fourth-order valence-corrected chi connectivity index (χ4v) is 6.75. The molecule has 6 unspecified atom stereocenters. The average molecular weight is 396 g/mol. The van der Waals surface area contributed by atoms with Crippen molar-refractivity contribution in [1.82, 2.24) is 0 Å². The molecule has 5 aliphatic rings. The first-order valence-electron chi connectivity index (χ1n) is 10.5. The van der Waals surface area contributed by atoms with E-state index in [1.807, 2.05) is 40.7 Å². The maximum Gasteiger partial charge on any atom is 0.174 e. The highest BCUT2D eigenvalue weighted by Gasteiger charge is 2.84. The molecule has 4 bridgehead atoms. The normalized spacial score (nSPS) is 40.9. The van der Waals surface area contributed by atoms with Gasteiger partial charge in [0, 0.05) is 18.3 Å². The molecule has 3 aliphatic carbocycles. The van der Waals surface area contributed by atoms with Crippen LogP contribution in [0, 0.1) is 23.7 Å². The number of fused-ring (bicyclic) bond motifs is 1. The lowest BCUT2D eigenvalue weighted by Crippen LogP contribution is -2.78. The molecule has 5 nitrogen and oxygen atoms in total. The van der Waals surface area contributed by atoms with E-state index >= 15 is 0 Å². The highest BCUT2D eigenvalue weighted by Crippen LogP contribution is 2.70. The van der Waals surface area contributed by atoms with Gasteiger partial charge in [0.1, 0.15) is 11.5 Å². The molecule has 6 rings (SSSR count). The predicted octanol–water partition coefficient (Wildman–Crippen LogP) is 4.08. The zero-order valence-corrected chi connectivity index (χ0v) is 17.6. The lowest BCUT2D eigenvalue weighted by Gasteiger charge is -2.62. The second-order valence-corrected chi connectivity index (χ2v) is 10.1. The highest BCUT2D eigenvalue weighted by molar-refractivity contribution is 6.07. The number of hydrogen-bond acceptors (Lipinski definition) is 5. The first-order valence-corrected chi connectivity index (χ1v) is 10.5. The molecular formula is C24H28O5. The van der Waals surface area contributed by atoms with Gasteiger partial charge in [-0.3, -0.25) is 9.59 Å². The summed E-state index contributed by atoms with van der Waals surface area (Å²) in [7, 11) is 0. The van der Waals surface area contributed by atoms with Crippen molar-refractivity contribution in [3.8, 4) is 11.5 Å². The third kappa shape index (κ3) is 2.04. The SMILES string of the molecule is CC(C)=CCC12OC(C)(C)C3CC(C1=O)C(C)C1C(=O)c4cc(O)ccc4OC132. The molecule has 1 aromatic rings. The second kappa shape index (κ2) is 5.51. The van der Waals surface area contributed by atoms with Crippen molar-refractivity contribution in [3.63, 3.8) is 0 Å². The Bertz CT molecular complexity index is 971. The van der Waals surface area contributed by atoms with Crippen LogP contribution in [-0.2, 0) is 9.53 Å². The van der Waals surface area contributed by atoms with Crippen LogP contribution in [0.3, 0.4) is 0 Å². The van der Waals surface area contributed by atoms with Gasteiger partial charge in [-0.15, -0.1) is 0 Å². The summed E-state index contributed by atoms with van der Waals surface area (Å²) in [6.45, 7) is 10.0. The number of rotatable bonds is 2. The van der Waals surface area contributed by atoms with Gasteiger partial charge in [0.05, 0.1) is 17.1 Å². The second-order valence-electron chi connectivity index (χ2n) is 10.1. The number of allylic oxidation sites excluding steroid dienone is 1. The summed E-state index contributed by atoms with van der Waals surface area (Å²) in [5.41, 5.74) is -1.25. The van der Waals surface area contributed by atoms with E-state index in [2.05, 4.69) is 0 Å². The Kier molecular flexibility index (Phi) is 3.58. The summed E-state index contributed by atoms with van der Waals surface area (Å²) in [6.07, 6.45) is 3.13. The van der Waals surface area contributed by atoms with Crippen LogP contribution < -0.4 is 4.74 Å². The minimum atomic E-state index is -1.16. The van der Waals surface area contributed by atoms with Crippen LogP contribution in [0.1, 0.15) is 57.8 Å².